The molecule has 0 saturated carbocycles. The standard InChI is InChI=1S/C14H13BrClNOS/c1-8-6-7-12(19-8)9(2)17-14(18)10-4-3-5-11(15)13(10)16/h3-7,9H,1-2H3,(H,17,18). The van der Waals surface area contributed by atoms with Crippen LogP contribution in [0.4, 0.5) is 0 Å². The Morgan fingerprint density at radius 3 is 2.74 bits per heavy atom. The third kappa shape index (κ3) is 3.38. The molecule has 0 fully saturated rings. The summed E-state index contributed by atoms with van der Waals surface area (Å²) < 4.78 is 0.724. The fraction of sp³-hybridized carbons (Fsp3) is 0.214. The average molecular weight is 359 g/mol. The Morgan fingerprint density at radius 1 is 1.37 bits per heavy atom. The molecule has 1 aromatic heterocycles. The topological polar surface area (TPSA) is 29.1 Å². The second kappa shape index (κ2) is 6.07. The van der Waals surface area contributed by atoms with E-state index in [4.69, 9.17) is 11.6 Å². The zero-order valence-corrected chi connectivity index (χ0v) is 13.7. The predicted octanol–water partition coefficient (Wildman–Crippen LogP) is 4.96. The highest BCUT2D eigenvalue weighted by Gasteiger charge is 2.16. The van der Waals surface area contributed by atoms with Crippen LogP contribution in [0.1, 0.15) is 33.1 Å². The number of thiophene rings is 1. The van der Waals surface area contributed by atoms with E-state index < -0.39 is 0 Å². The van der Waals surface area contributed by atoms with Gasteiger partial charge in [-0.05, 0) is 54.0 Å². The fourth-order valence-electron chi connectivity index (χ4n) is 1.71. The minimum absolute atomic E-state index is 0.0266. The van der Waals surface area contributed by atoms with Crippen molar-refractivity contribution < 1.29 is 4.79 Å². The van der Waals surface area contributed by atoms with E-state index in [1.807, 2.05) is 26.0 Å². The highest BCUT2D eigenvalue weighted by atomic mass is 79.9. The van der Waals surface area contributed by atoms with Gasteiger partial charge in [0.15, 0.2) is 0 Å². The molecular weight excluding hydrogens is 346 g/mol. The maximum Gasteiger partial charge on any atom is 0.253 e. The molecule has 0 aliphatic rings. The number of rotatable bonds is 3. The molecule has 1 atom stereocenters. The molecule has 2 rings (SSSR count). The molecule has 0 radical (unpaired) electrons. The molecule has 1 amide bonds. The van der Waals surface area contributed by atoms with Crippen molar-refractivity contribution >= 4 is 44.8 Å². The number of amides is 1. The van der Waals surface area contributed by atoms with Gasteiger partial charge in [-0.2, -0.15) is 0 Å². The van der Waals surface area contributed by atoms with Gasteiger partial charge < -0.3 is 5.32 Å². The minimum atomic E-state index is -0.162. The number of carbonyl (C=O) groups excluding carboxylic acids is 1. The fourth-order valence-corrected chi connectivity index (χ4v) is 3.17. The van der Waals surface area contributed by atoms with Crippen LogP contribution in [0.15, 0.2) is 34.8 Å². The van der Waals surface area contributed by atoms with E-state index in [0.29, 0.717) is 10.6 Å². The van der Waals surface area contributed by atoms with E-state index in [1.165, 1.54) is 4.88 Å². The van der Waals surface area contributed by atoms with Crippen molar-refractivity contribution in [3.05, 3.63) is 55.1 Å². The SMILES string of the molecule is Cc1ccc(C(C)NC(=O)c2cccc(Br)c2Cl)s1. The molecule has 100 valence electrons. The average Bonchev–Trinajstić information content (AvgIpc) is 2.79. The minimum Gasteiger partial charge on any atom is -0.345 e. The van der Waals surface area contributed by atoms with Crippen molar-refractivity contribution in [1.29, 1.82) is 0 Å². The highest BCUT2D eigenvalue weighted by Crippen LogP contribution is 2.27. The number of aryl methyl sites for hydroxylation is 1. The zero-order chi connectivity index (χ0) is 14.0. The highest BCUT2D eigenvalue weighted by molar-refractivity contribution is 9.10. The number of halogens is 2. The molecule has 5 heteroatoms. The van der Waals surface area contributed by atoms with Gasteiger partial charge in [0, 0.05) is 14.2 Å². The number of hydrogen-bond acceptors (Lipinski definition) is 2. The zero-order valence-electron chi connectivity index (χ0n) is 10.5. The molecule has 0 saturated heterocycles. The molecule has 1 aromatic carbocycles. The van der Waals surface area contributed by atoms with E-state index in [2.05, 4.69) is 27.3 Å². The molecule has 0 bridgehead atoms. The Hall–Kier alpha value is -0.840. The lowest BCUT2D eigenvalue weighted by molar-refractivity contribution is 0.0940. The lowest BCUT2D eigenvalue weighted by Gasteiger charge is -2.13. The second-order valence-corrected chi connectivity index (χ2v) is 6.80. The van der Waals surface area contributed by atoms with Gasteiger partial charge >= 0.3 is 0 Å². The maximum absolute atomic E-state index is 12.2. The Balaban J connectivity index is 2.15. The molecule has 0 aliphatic carbocycles. The summed E-state index contributed by atoms with van der Waals surface area (Å²) >= 11 is 11.1. The van der Waals surface area contributed by atoms with Crippen LogP contribution < -0.4 is 5.32 Å². The monoisotopic (exact) mass is 357 g/mol. The Morgan fingerprint density at radius 2 is 2.11 bits per heavy atom. The van der Waals surface area contributed by atoms with Crippen LogP contribution in [0, 0.1) is 6.92 Å². The van der Waals surface area contributed by atoms with Crippen molar-refractivity contribution in [2.75, 3.05) is 0 Å². The Kier molecular flexibility index (Phi) is 4.66. The van der Waals surface area contributed by atoms with Gasteiger partial charge in [0.2, 0.25) is 0 Å². The number of hydrogen-bond donors (Lipinski definition) is 1. The quantitative estimate of drug-likeness (QED) is 0.825. The van der Waals surface area contributed by atoms with Crippen LogP contribution in [0.25, 0.3) is 0 Å². The maximum atomic E-state index is 12.2. The third-order valence-electron chi connectivity index (χ3n) is 2.73. The summed E-state index contributed by atoms with van der Waals surface area (Å²) in [5.74, 6) is -0.162. The van der Waals surface area contributed by atoms with Crippen LogP contribution in [-0.4, -0.2) is 5.91 Å². The normalized spacial score (nSPS) is 12.2. The summed E-state index contributed by atoms with van der Waals surface area (Å²) in [6, 6.07) is 9.38. The molecule has 19 heavy (non-hydrogen) atoms. The lowest BCUT2D eigenvalue weighted by Crippen LogP contribution is -2.26. The van der Waals surface area contributed by atoms with Crippen molar-refractivity contribution in [2.24, 2.45) is 0 Å². The van der Waals surface area contributed by atoms with Gasteiger partial charge in [-0.1, -0.05) is 17.7 Å². The van der Waals surface area contributed by atoms with Gasteiger partial charge in [-0.15, -0.1) is 11.3 Å². The van der Waals surface area contributed by atoms with Crippen molar-refractivity contribution in [2.45, 2.75) is 19.9 Å². The van der Waals surface area contributed by atoms with Crippen molar-refractivity contribution in [3.8, 4) is 0 Å². The first-order chi connectivity index (χ1) is 8.99. The molecule has 2 nitrogen and oxygen atoms in total. The van der Waals surface area contributed by atoms with E-state index in [1.54, 1.807) is 23.5 Å². The van der Waals surface area contributed by atoms with E-state index >= 15 is 0 Å². The molecule has 1 N–H and O–H groups in total. The molecule has 1 heterocycles. The van der Waals surface area contributed by atoms with E-state index in [9.17, 15) is 4.79 Å². The second-order valence-electron chi connectivity index (χ2n) is 4.24. The van der Waals surface area contributed by atoms with Gasteiger partial charge in [0.1, 0.15) is 0 Å². The summed E-state index contributed by atoms with van der Waals surface area (Å²) in [7, 11) is 0. The summed E-state index contributed by atoms with van der Waals surface area (Å²) in [6.07, 6.45) is 0. The van der Waals surface area contributed by atoms with Crippen LogP contribution in [-0.2, 0) is 0 Å². The Bertz CT molecular complexity index is 611. The summed E-state index contributed by atoms with van der Waals surface area (Å²) in [6.45, 7) is 4.02. The first-order valence-corrected chi connectivity index (χ1v) is 7.79. The van der Waals surface area contributed by atoms with Gasteiger partial charge in [0.05, 0.1) is 16.6 Å². The van der Waals surface area contributed by atoms with Crippen molar-refractivity contribution in [1.82, 2.24) is 5.32 Å². The first-order valence-electron chi connectivity index (χ1n) is 5.80. The van der Waals surface area contributed by atoms with Crippen LogP contribution in [0.5, 0.6) is 0 Å². The van der Waals surface area contributed by atoms with Crippen LogP contribution in [0.2, 0.25) is 5.02 Å². The molecular formula is C14H13BrClNOS. The lowest BCUT2D eigenvalue weighted by atomic mass is 10.2. The summed E-state index contributed by atoms with van der Waals surface area (Å²) in [5.41, 5.74) is 0.483. The first kappa shape index (κ1) is 14.6. The van der Waals surface area contributed by atoms with Gasteiger partial charge in [-0.25, -0.2) is 0 Å². The van der Waals surface area contributed by atoms with Crippen molar-refractivity contribution in [3.63, 3.8) is 0 Å². The largest absolute Gasteiger partial charge is 0.345 e. The molecule has 2 aromatic rings. The molecule has 1 unspecified atom stereocenters. The Labute approximate surface area is 129 Å². The third-order valence-corrected chi connectivity index (χ3v) is 5.21. The van der Waals surface area contributed by atoms with Gasteiger partial charge in [0.25, 0.3) is 5.91 Å². The van der Waals surface area contributed by atoms with E-state index in [0.717, 1.165) is 9.35 Å². The van der Waals surface area contributed by atoms with Crippen LogP contribution >= 0.6 is 38.9 Å². The number of benzene rings is 1. The molecule has 0 spiro atoms. The summed E-state index contributed by atoms with van der Waals surface area (Å²) in [5, 5.41) is 3.40. The number of carbonyl (C=O) groups is 1. The predicted molar refractivity (Wildman–Crippen MR) is 84.1 cm³/mol. The number of nitrogens with one attached hydrogen (secondary N) is 1. The van der Waals surface area contributed by atoms with Gasteiger partial charge in [-0.3, -0.25) is 4.79 Å². The van der Waals surface area contributed by atoms with Crippen LogP contribution in [0.3, 0.4) is 0 Å². The van der Waals surface area contributed by atoms with E-state index in [-0.39, 0.29) is 11.9 Å². The molecule has 0 aliphatic heterocycles. The summed E-state index contributed by atoms with van der Waals surface area (Å²) in [4.78, 5) is 14.6. The smallest absolute Gasteiger partial charge is 0.253 e.